The summed E-state index contributed by atoms with van der Waals surface area (Å²) in [4.78, 5) is 12.4. The van der Waals surface area contributed by atoms with Crippen molar-refractivity contribution in [1.82, 2.24) is 0 Å². The maximum absolute atomic E-state index is 10.4. The average molecular weight is 203 g/mol. The minimum atomic E-state index is 0.471. The molecular weight excluding hydrogens is 186 g/mol. The first-order valence-electron chi connectivity index (χ1n) is 5.58. The van der Waals surface area contributed by atoms with Crippen LogP contribution in [0.2, 0.25) is 0 Å². The van der Waals surface area contributed by atoms with Crippen LogP contribution in [-0.2, 0) is 17.6 Å². The first-order chi connectivity index (χ1) is 7.31. The van der Waals surface area contributed by atoms with E-state index in [1.54, 1.807) is 0 Å². The number of rotatable bonds is 3. The van der Waals surface area contributed by atoms with E-state index < -0.39 is 0 Å². The van der Waals surface area contributed by atoms with Gasteiger partial charge in [0.15, 0.2) is 0 Å². The Balaban J connectivity index is 2.23. The molecule has 0 aliphatic heterocycles. The molecule has 1 aromatic carbocycles. The van der Waals surface area contributed by atoms with E-state index in [-0.39, 0.29) is 0 Å². The van der Waals surface area contributed by atoms with Gasteiger partial charge in [-0.3, -0.25) is 0 Å². The number of fused-ring (bicyclic) bond motifs is 1. The van der Waals surface area contributed by atoms with Crippen molar-refractivity contribution in [3.63, 3.8) is 0 Å². The maximum Gasteiger partial charge on any atom is 0.139 e. The molecule has 15 heavy (non-hydrogen) atoms. The van der Waals surface area contributed by atoms with Gasteiger partial charge in [0.05, 0.1) is 6.54 Å². The van der Waals surface area contributed by atoms with Gasteiger partial charge in [0.2, 0.25) is 0 Å². The largest absolute Gasteiger partial charge is 0.368 e. The Morgan fingerprint density at radius 3 is 2.73 bits per heavy atom. The van der Waals surface area contributed by atoms with E-state index in [1.165, 1.54) is 36.8 Å². The molecule has 0 radical (unpaired) electrons. The van der Waals surface area contributed by atoms with Crippen molar-refractivity contribution in [2.24, 2.45) is 0 Å². The lowest BCUT2D eigenvalue weighted by Gasteiger charge is -2.21. The Bertz CT molecular complexity index is 360. The van der Waals surface area contributed by atoms with E-state index in [4.69, 9.17) is 0 Å². The minimum absolute atomic E-state index is 0.471. The summed E-state index contributed by atoms with van der Waals surface area (Å²) in [6, 6.07) is 6.57. The third kappa shape index (κ3) is 2.20. The van der Waals surface area contributed by atoms with E-state index in [0.29, 0.717) is 6.54 Å². The van der Waals surface area contributed by atoms with E-state index in [2.05, 4.69) is 18.2 Å². The monoisotopic (exact) mass is 203 g/mol. The SMILES string of the molecule is CN(CC=O)c1ccc2c(c1)CCCC2. The van der Waals surface area contributed by atoms with E-state index in [0.717, 1.165) is 12.0 Å². The fourth-order valence-electron chi connectivity index (χ4n) is 2.17. The second-order valence-electron chi connectivity index (χ2n) is 4.21. The summed E-state index contributed by atoms with van der Waals surface area (Å²) in [6.45, 7) is 0.471. The minimum Gasteiger partial charge on any atom is -0.368 e. The number of aryl methyl sites for hydroxylation is 2. The van der Waals surface area contributed by atoms with Gasteiger partial charge < -0.3 is 9.69 Å². The normalized spacial score (nSPS) is 14.5. The lowest BCUT2D eigenvalue weighted by atomic mass is 9.91. The number of carbonyl (C=O) groups is 1. The van der Waals surface area contributed by atoms with E-state index in [1.807, 2.05) is 11.9 Å². The van der Waals surface area contributed by atoms with Crippen LogP contribution < -0.4 is 4.90 Å². The highest BCUT2D eigenvalue weighted by molar-refractivity contribution is 5.61. The molecule has 0 unspecified atom stereocenters. The van der Waals surface area contributed by atoms with Gasteiger partial charge in [-0.1, -0.05) is 6.07 Å². The zero-order valence-corrected chi connectivity index (χ0v) is 9.20. The van der Waals surface area contributed by atoms with E-state index in [9.17, 15) is 4.79 Å². The number of hydrogen-bond acceptors (Lipinski definition) is 2. The fraction of sp³-hybridized carbons (Fsp3) is 0.462. The quantitative estimate of drug-likeness (QED) is 0.702. The summed E-state index contributed by atoms with van der Waals surface area (Å²) in [5.41, 5.74) is 4.11. The zero-order valence-electron chi connectivity index (χ0n) is 9.20. The molecule has 0 saturated heterocycles. The van der Waals surface area contributed by atoms with Crippen LogP contribution in [0.25, 0.3) is 0 Å². The van der Waals surface area contributed by atoms with Gasteiger partial charge in [-0.2, -0.15) is 0 Å². The number of anilines is 1. The molecule has 0 bridgehead atoms. The Morgan fingerprint density at radius 1 is 1.27 bits per heavy atom. The van der Waals surface area contributed by atoms with Gasteiger partial charge >= 0.3 is 0 Å². The molecule has 0 N–H and O–H groups in total. The second-order valence-corrected chi connectivity index (χ2v) is 4.21. The summed E-state index contributed by atoms with van der Waals surface area (Å²) < 4.78 is 0. The summed E-state index contributed by atoms with van der Waals surface area (Å²) in [5, 5.41) is 0. The molecule has 2 nitrogen and oxygen atoms in total. The van der Waals surface area contributed by atoms with Gasteiger partial charge in [0.1, 0.15) is 6.29 Å². The Hall–Kier alpha value is -1.31. The molecule has 0 amide bonds. The molecule has 1 aromatic rings. The average Bonchev–Trinajstić information content (AvgIpc) is 2.29. The number of benzene rings is 1. The maximum atomic E-state index is 10.4. The predicted octanol–water partition coefficient (Wildman–Crippen LogP) is 2.20. The number of nitrogens with zero attached hydrogens (tertiary/aromatic N) is 1. The van der Waals surface area contributed by atoms with Gasteiger partial charge in [-0.05, 0) is 48.9 Å². The zero-order chi connectivity index (χ0) is 10.7. The third-order valence-electron chi connectivity index (χ3n) is 3.12. The van der Waals surface area contributed by atoms with Crippen LogP contribution >= 0.6 is 0 Å². The molecule has 1 aliphatic rings. The highest BCUT2D eigenvalue weighted by Crippen LogP contribution is 2.25. The van der Waals surface area contributed by atoms with Crippen molar-refractivity contribution < 1.29 is 4.79 Å². The lowest BCUT2D eigenvalue weighted by molar-refractivity contribution is -0.106. The number of aldehydes is 1. The summed E-state index contributed by atoms with van der Waals surface area (Å²) in [6.07, 6.45) is 5.97. The molecule has 0 saturated carbocycles. The lowest BCUT2D eigenvalue weighted by Crippen LogP contribution is -2.19. The molecule has 0 heterocycles. The van der Waals surface area contributed by atoms with Crippen molar-refractivity contribution in [2.75, 3.05) is 18.5 Å². The van der Waals surface area contributed by atoms with Gasteiger partial charge in [0, 0.05) is 12.7 Å². The van der Waals surface area contributed by atoms with Gasteiger partial charge in [-0.25, -0.2) is 0 Å². The highest BCUT2D eigenvalue weighted by atomic mass is 16.1. The molecule has 1 aliphatic carbocycles. The van der Waals surface area contributed by atoms with Crippen LogP contribution in [0.3, 0.4) is 0 Å². The summed E-state index contributed by atoms with van der Waals surface area (Å²) in [7, 11) is 1.96. The predicted molar refractivity (Wildman–Crippen MR) is 62.4 cm³/mol. The molecule has 0 fully saturated rings. The number of hydrogen-bond donors (Lipinski definition) is 0. The summed E-state index contributed by atoms with van der Waals surface area (Å²) in [5.74, 6) is 0. The Labute approximate surface area is 90.9 Å². The van der Waals surface area contributed by atoms with Gasteiger partial charge in [0.25, 0.3) is 0 Å². The molecule has 0 aromatic heterocycles. The number of carbonyl (C=O) groups excluding carboxylic acids is 1. The van der Waals surface area contributed by atoms with Crippen molar-refractivity contribution in [3.05, 3.63) is 29.3 Å². The van der Waals surface area contributed by atoms with Crippen molar-refractivity contribution in [2.45, 2.75) is 25.7 Å². The smallest absolute Gasteiger partial charge is 0.139 e. The Morgan fingerprint density at radius 2 is 2.00 bits per heavy atom. The van der Waals surface area contributed by atoms with Gasteiger partial charge in [-0.15, -0.1) is 0 Å². The van der Waals surface area contributed by atoms with Crippen LogP contribution in [0.5, 0.6) is 0 Å². The van der Waals surface area contributed by atoms with Crippen molar-refractivity contribution in [1.29, 1.82) is 0 Å². The van der Waals surface area contributed by atoms with Crippen LogP contribution in [0.4, 0.5) is 5.69 Å². The molecular formula is C13H17NO. The van der Waals surface area contributed by atoms with Crippen LogP contribution in [-0.4, -0.2) is 19.9 Å². The highest BCUT2D eigenvalue weighted by Gasteiger charge is 2.10. The second kappa shape index (κ2) is 4.47. The Kier molecular flexibility index (Phi) is 3.05. The van der Waals surface area contributed by atoms with Crippen LogP contribution in [0, 0.1) is 0 Å². The molecule has 2 heteroatoms. The summed E-state index contributed by atoms with van der Waals surface area (Å²) >= 11 is 0. The molecule has 0 spiro atoms. The fourth-order valence-corrected chi connectivity index (χ4v) is 2.17. The van der Waals surface area contributed by atoms with Crippen LogP contribution in [0.1, 0.15) is 24.0 Å². The standard InChI is InChI=1S/C13H17NO/c1-14(8-9-15)13-7-6-11-4-2-3-5-12(11)10-13/h6-7,9-10H,2-5,8H2,1H3. The van der Waals surface area contributed by atoms with Crippen molar-refractivity contribution >= 4 is 12.0 Å². The van der Waals surface area contributed by atoms with Crippen molar-refractivity contribution in [3.8, 4) is 0 Å². The first kappa shape index (κ1) is 10.2. The number of likely N-dealkylation sites (N-methyl/N-ethyl adjacent to an activating group) is 1. The van der Waals surface area contributed by atoms with Crippen LogP contribution in [0.15, 0.2) is 18.2 Å². The molecule has 80 valence electrons. The molecule has 2 rings (SSSR count). The first-order valence-corrected chi connectivity index (χ1v) is 5.58. The third-order valence-corrected chi connectivity index (χ3v) is 3.12. The topological polar surface area (TPSA) is 20.3 Å². The molecule has 0 atom stereocenters. The van der Waals surface area contributed by atoms with E-state index >= 15 is 0 Å².